The van der Waals surface area contributed by atoms with Gasteiger partial charge in [0.15, 0.2) is 11.5 Å². The molecule has 126 valence electrons. The topological polar surface area (TPSA) is 18.5 Å². The molecule has 0 saturated heterocycles. The molecule has 0 spiro atoms. The van der Waals surface area contributed by atoms with Gasteiger partial charge < -0.3 is 9.47 Å². The fourth-order valence-corrected chi connectivity index (χ4v) is 4.03. The van der Waals surface area contributed by atoms with Gasteiger partial charge in [0.2, 0.25) is 0 Å². The third kappa shape index (κ3) is 1.99. The maximum absolute atomic E-state index is 5.79. The minimum Gasteiger partial charge on any atom is -0.492 e. The van der Waals surface area contributed by atoms with E-state index in [4.69, 9.17) is 9.47 Å². The number of hydrogen-bond donors (Lipinski definition) is 0. The second kappa shape index (κ2) is 5.63. The lowest BCUT2D eigenvalue weighted by Crippen LogP contribution is -1.94. The second-order valence-electron chi connectivity index (χ2n) is 6.52. The molecule has 26 heavy (non-hydrogen) atoms. The summed E-state index contributed by atoms with van der Waals surface area (Å²) in [6, 6.07) is 25.7. The maximum atomic E-state index is 5.79. The van der Waals surface area contributed by atoms with E-state index >= 15 is 0 Å². The third-order valence-corrected chi connectivity index (χ3v) is 5.20. The van der Waals surface area contributed by atoms with Gasteiger partial charge in [0.05, 0.1) is 14.2 Å². The first kappa shape index (κ1) is 15.0. The molecule has 2 nitrogen and oxygen atoms in total. The molecule has 5 aromatic carbocycles. The minimum atomic E-state index is 0.787. The zero-order chi connectivity index (χ0) is 17.7. The summed E-state index contributed by atoms with van der Waals surface area (Å²) in [7, 11) is 3.41. The molecule has 0 aromatic heterocycles. The van der Waals surface area contributed by atoms with E-state index in [9.17, 15) is 0 Å². The van der Waals surface area contributed by atoms with Crippen LogP contribution in [0, 0.1) is 0 Å². The Morgan fingerprint density at radius 3 is 1.85 bits per heavy atom. The van der Waals surface area contributed by atoms with E-state index in [0.29, 0.717) is 0 Å². The first-order valence-electron chi connectivity index (χ1n) is 8.69. The van der Waals surface area contributed by atoms with Crippen LogP contribution in [0.25, 0.3) is 43.1 Å². The van der Waals surface area contributed by atoms with Gasteiger partial charge in [-0.2, -0.15) is 0 Å². The number of rotatable bonds is 2. The summed E-state index contributed by atoms with van der Waals surface area (Å²) in [5.74, 6) is 1.58. The second-order valence-corrected chi connectivity index (χ2v) is 6.52. The smallest absolute Gasteiger partial charge is 0.169 e. The Morgan fingerprint density at radius 1 is 0.462 bits per heavy atom. The molecule has 0 N–H and O–H groups in total. The standard InChI is InChI=1S/C24H18O2/c1-25-23-19-10-6-5-9-18(19)21-13-16-12-11-15-7-3-4-8-17(15)20(16)14-22(21)24(23)26-2/h3-14H,1-2H3. The van der Waals surface area contributed by atoms with Gasteiger partial charge in [-0.3, -0.25) is 0 Å². The van der Waals surface area contributed by atoms with Gasteiger partial charge in [0.1, 0.15) is 0 Å². The molecule has 0 atom stereocenters. The van der Waals surface area contributed by atoms with Crippen molar-refractivity contribution in [1.29, 1.82) is 0 Å². The molecule has 0 fully saturated rings. The fraction of sp³-hybridized carbons (Fsp3) is 0.0833. The van der Waals surface area contributed by atoms with Crippen molar-refractivity contribution >= 4 is 43.1 Å². The summed E-state index contributed by atoms with van der Waals surface area (Å²) in [6.45, 7) is 0. The van der Waals surface area contributed by atoms with Gasteiger partial charge in [-0.15, -0.1) is 0 Å². The molecule has 0 aliphatic carbocycles. The molecule has 5 aromatic rings. The van der Waals surface area contributed by atoms with Gasteiger partial charge in [0.25, 0.3) is 0 Å². The van der Waals surface area contributed by atoms with Crippen LogP contribution in [0.2, 0.25) is 0 Å². The lowest BCUT2D eigenvalue weighted by atomic mass is 9.94. The quantitative estimate of drug-likeness (QED) is 0.277. The van der Waals surface area contributed by atoms with Crippen LogP contribution in [-0.2, 0) is 0 Å². The molecule has 5 rings (SSSR count). The van der Waals surface area contributed by atoms with Crippen LogP contribution in [0.3, 0.4) is 0 Å². The van der Waals surface area contributed by atoms with E-state index in [1.54, 1.807) is 14.2 Å². The first-order chi connectivity index (χ1) is 12.8. The first-order valence-corrected chi connectivity index (χ1v) is 8.69. The monoisotopic (exact) mass is 338 g/mol. The van der Waals surface area contributed by atoms with E-state index in [2.05, 4.69) is 66.7 Å². The Bertz CT molecular complexity index is 1300. The molecule has 0 unspecified atom stereocenters. The molecular formula is C24H18O2. The average molecular weight is 338 g/mol. The van der Waals surface area contributed by atoms with Crippen LogP contribution < -0.4 is 9.47 Å². The van der Waals surface area contributed by atoms with Gasteiger partial charge in [-0.25, -0.2) is 0 Å². The molecule has 0 heterocycles. The van der Waals surface area contributed by atoms with E-state index < -0.39 is 0 Å². The SMILES string of the molecule is COc1c(OC)c2cc3c(ccc4ccccc43)cc2c2ccccc12. The lowest BCUT2D eigenvalue weighted by molar-refractivity contribution is 0.362. The predicted molar refractivity (Wildman–Crippen MR) is 110 cm³/mol. The largest absolute Gasteiger partial charge is 0.492 e. The average Bonchev–Trinajstić information content (AvgIpc) is 2.71. The molecule has 0 saturated carbocycles. The Hall–Kier alpha value is -3.26. The van der Waals surface area contributed by atoms with Crippen LogP contribution in [-0.4, -0.2) is 14.2 Å². The zero-order valence-electron chi connectivity index (χ0n) is 14.7. The predicted octanol–water partition coefficient (Wildman–Crippen LogP) is 6.32. The van der Waals surface area contributed by atoms with Crippen LogP contribution in [0.4, 0.5) is 0 Å². The van der Waals surface area contributed by atoms with Crippen LogP contribution in [0.1, 0.15) is 0 Å². The molecule has 0 amide bonds. The van der Waals surface area contributed by atoms with Crippen molar-refractivity contribution in [3.8, 4) is 11.5 Å². The van der Waals surface area contributed by atoms with Crippen molar-refractivity contribution in [3.63, 3.8) is 0 Å². The molecule has 2 heteroatoms. The van der Waals surface area contributed by atoms with Crippen molar-refractivity contribution in [2.24, 2.45) is 0 Å². The zero-order valence-corrected chi connectivity index (χ0v) is 14.7. The Kier molecular flexibility index (Phi) is 3.26. The number of hydrogen-bond acceptors (Lipinski definition) is 2. The molecule has 0 aliphatic heterocycles. The highest BCUT2D eigenvalue weighted by molar-refractivity contribution is 6.20. The van der Waals surface area contributed by atoms with Crippen LogP contribution in [0.5, 0.6) is 11.5 Å². The van der Waals surface area contributed by atoms with Gasteiger partial charge in [-0.05, 0) is 44.5 Å². The van der Waals surface area contributed by atoms with Crippen molar-refractivity contribution in [2.45, 2.75) is 0 Å². The highest BCUT2D eigenvalue weighted by atomic mass is 16.5. The van der Waals surface area contributed by atoms with Crippen molar-refractivity contribution < 1.29 is 9.47 Å². The van der Waals surface area contributed by atoms with Crippen molar-refractivity contribution in [2.75, 3.05) is 14.2 Å². The Morgan fingerprint density at radius 2 is 1.08 bits per heavy atom. The highest BCUT2D eigenvalue weighted by Gasteiger charge is 2.16. The van der Waals surface area contributed by atoms with E-state index in [1.807, 2.05) is 6.07 Å². The molecular weight excluding hydrogens is 320 g/mol. The summed E-state index contributed by atoms with van der Waals surface area (Å²) in [5, 5.41) is 9.45. The third-order valence-electron chi connectivity index (χ3n) is 5.20. The summed E-state index contributed by atoms with van der Waals surface area (Å²) in [6.07, 6.45) is 0. The number of methoxy groups -OCH3 is 2. The van der Waals surface area contributed by atoms with E-state index in [-0.39, 0.29) is 0 Å². The Labute approximate surface area is 151 Å². The van der Waals surface area contributed by atoms with Gasteiger partial charge in [-0.1, -0.05) is 60.7 Å². The normalized spacial score (nSPS) is 11.5. The summed E-state index contributed by atoms with van der Waals surface area (Å²) in [5.41, 5.74) is 0. The van der Waals surface area contributed by atoms with Gasteiger partial charge in [0, 0.05) is 10.8 Å². The minimum absolute atomic E-state index is 0.787. The number of benzene rings is 5. The highest BCUT2D eigenvalue weighted by Crippen LogP contribution is 2.45. The van der Waals surface area contributed by atoms with E-state index in [0.717, 1.165) is 22.3 Å². The summed E-state index contributed by atoms with van der Waals surface area (Å²) >= 11 is 0. The fourth-order valence-electron chi connectivity index (χ4n) is 4.03. The van der Waals surface area contributed by atoms with Crippen molar-refractivity contribution in [1.82, 2.24) is 0 Å². The lowest BCUT2D eigenvalue weighted by Gasteiger charge is -2.16. The summed E-state index contributed by atoms with van der Waals surface area (Å²) < 4.78 is 11.5. The molecule has 0 aliphatic rings. The maximum Gasteiger partial charge on any atom is 0.169 e. The number of fused-ring (bicyclic) bond motifs is 6. The molecule has 0 bridgehead atoms. The van der Waals surface area contributed by atoms with Crippen molar-refractivity contribution in [3.05, 3.63) is 72.8 Å². The Balaban J connectivity index is 2.06. The summed E-state index contributed by atoms with van der Waals surface area (Å²) in [4.78, 5) is 0. The van der Waals surface area contributed by atoms with Crippen LogP contribution in [0.15, 0.2) is 72.8 Å². The van der Waals surface area contributed by atoms with E-state index in [1.165, 1.54) is 32.3 Å². The van der Waals surface area contributed by atoms with Gasteiger partial charge >= 0.3 is 0 Å². The number of ether oxygens (including phenoxy) is 2. The van der Waals surface area contributed by atoms with Crippen LogP contribution >= 0.6 is 0 Å². The molecule has 0 radical (unpaired) electrons.